The van der Waals surface area contributed by atoms with Crippen molar-refractivity contribution in [2.75, 3.05) is 25.2 Å². The number of β-amino-alcohol motifs (C(OH)–C–C–N with tert-alkyl or cyclic N) is 1. The number of nitrogens with one attached hydrogen (secondary N) is 2. The molecule has 0 bridgehead atoms. The molecule has 156 valence electrons. The van der Waals surface area contributed by atoms with Gasteiger partial charge in [0.05, 0.1) is 0 Å². The topological polar surface area (TPSA) is 115 Å². The van der Waals surface area contributed by atoms with Gasteiger partial charge in [-0.2, -0.15) is 0 Å². The summed E-state index contributed by atoms with van der Waals surface area (Å²) >= 11 is 6.06. The van der Waals surface area contributed by atoms with E-state index in [2.05, 4.69) is 20.9 Å². The number of aliphatic hydroxyl groups excluding tert-OH is 1. The first-order chi connectivity index (χ1) is 12.8. The number of halogens is 2. The van der Waals surface area contributed by atoms with E-state index in [9.17, 15) is 5.11 Å². The summed E-state index contributed by atoms with van der Waals surface area (Å²) in [5, 5.41) is 21.8. The molecule has 0 saturated carbocycles. The summed E-state index contributed by atoms with van der Waals surface area (Å²) in [6.45, 7) is 6.65. The van der Waals surface area contributed by atoms with E-state index >= 15 is 0 Å². The molecule has 2 rings (SSSR count). The van der Waals surface area contributed by atoms with Crippen molar-refractivity contribution in [3.05, 3.63) is 40.9 Å². The molecule has 1 unspecified atom stereocenters. The Hall–Kier alpha value is -1.84. The zero-order valence-corrected chi connectivity index (χ0v) is 17.7. The van der Waals surface area contributed by atoms with Gasteiger partial charge in [-0.1, -0.05) is 17.7 Å². The van der Waals surface area contributed by atoms with Crippen LogP contribution in [0.5, 0.6) is 11.6 Å². The minimum absolute atomic E-state index is 0. The number of ether oxygens (including phenoxy) is 2. The van der Waals surface area contributed by atoms with E-state index in [-0.39, 0.29) is 24.6 Å². The van der Waals surface area contributed by atoms with Crippen molar-refractivity contribution >= 4 is 29.8 Å². The largest absolute Gasteiger partial charge is 0.491 e. The SMILES string of the molecule is Cc1c(Cl)cccc1OCC(O)CNC(C)(C)COc1ccc(NN)nn1.Cl. The van der Waals surface area contributed by atoms with Crippen LogP contribution < -0.4 is 26.1 Å². The highest BCUT2D eigenvalue weighted by molar-refractivity contribution is 6.31. The van der Waals surface area contributed by atoms with Crippen LogP contribution in [0.3, 0.4) is 0 Å². The van der Waals surface area contributed by atoms with Gasteiger partial charge in [-0.3, -0.25) is 0 Å². The maximum absolute atomic E-state index is 10.2. The molecule has 28 heavy (non-hydrogen) atoms. The third-order valence-corrected chi connectivity index (χ3v) is 4.24. The van der Waals surface area contributed by atoms with Crippen LogP contribution in [0.1, 0.15) is 19.4 Å². The van der Waals surface area contributed by atoms with Gasteiger partial charge in [0.25, 0.3) is 0 Å². The molecule has 1 aromatic carbocycles. The molecule has 0 spiro atoms. The van der Waals surface area contributed by atoms with Crippen molar-refractivity contribution in [3.63, 3.8) is 0 Å². The lowest BCUT2D eigenvalue weighted by molar-refractivity contribution is 0.0920. The normalized spacial score (nSPS) is 12.1. The number of anilines is 1. The summed E-state index contributed by atoms with van der Waals surface area (Å²) in [4.78, 5) is 0. The maximum Gasteiger partial charge on any atom is 0.233 e. The lowest BCUT2D eigenvalue weighted by Crippen LogP contribution is -2.48. The van der Waals surface area contributed by atoms with Crippen LogP contribution in [0.4, 0.5) is 5.82 Å². The van der Waals surface area contributed by atoms with Crippen LogP contribution in [0, 0.1) is 6.92 Å². The second-order valence-corrected chi connectivity index (χ2v) is 7.19. The van der Waals surface area contributed by atoms with Crippen LogP contribution in [0.2, 0.25) is 5.02 Å². The average Bonchev–Trinajstić information content (AvgIpc) is 2.66. The first-order valence-corrected chi connectivity index (χ1v) is 8.92. The van der Waals surface area contributed by atoms with E-state index in [1.54, 1.807) is 18.2 Å². The van der Waals surface area contributed by atoms with Crippen LogP contribution in [-0.2, 0) is 0 Å². The highest BCUT2D eigenvalue weighted by Crippen LogP contribution is 2.25. The molecule has 0 fully saturated rings. The average molecular weight is 432 g/mol. The minimum atomic E-state index is -0.683. The molecule has 0 saturated heterocycles. The van der Waals surface area contributed by atoms with Crippen molar-refractivity contribution in [2.24, 2.45) is 5.84 Å². The number of nitrogens with two attached hydrogens (primary N) is 1. The van der Waals surface area contributed by atoms with Crippen molar-refractivity contribution in [2.45, 2.75) is 32.4 Å². The third kappa shape index (κ3) is 7.65. The number of hydrogen-bond acceptors (Lipinski definition) is 8. The second-order valence-electron chi connectivity index (χ2n) is 6.78. The molecular formula is C18H27Cl2N5O3. The molecule has 0 aliphatic carbocycles. The standard InChI is InChI=1S/C18H26ClN5O3.ClH/c1-12-14(19)5-4-6-15(12)26-10-13(25)9-21-18(2,3)11-27-17-8-7-16(22-20)23-24-17;/h4-8,13,21,25H,9-11,20H2,1-3H3,(H,22,23);1H. The van der Waals surface area contributed by atoms with E-state index in [0.717, 1.165) is 5.56 Å². The van der Waals surface area contributed by atoms with Crippen molar-refractivity contribution in [1.29, 1.82) is 0 Å². The number of hydrazine groups is 1. The number of rotatable bonds is 10. The fourth-order valence-corrected chi connectivity index (χ4v) is 2.33. The molecule has 0 aliphatic rings. The van der Waals surface area contributed by atoms with E-state index in [0.29, 0.717) is 35.6 Å². The van der Waals surface area contributed by atoms with Gasteiger partial charge < -0.3 is 25.3 Å². The monoisotopic (exact) mass is 431 g/mol. The predicted octanol–water partition coefficient (Wildman–Crippen LogP) is 2.33. The van der Waals surface area contributed by atoms with Gasteiger partial charge in [-0.05, 0) is 39.0 Å². The van der Waals surface area contributed by atoms with Crippen LogP contribution in [0.25, 0.3) is 0 Å². The Kier molecular flexibility index (Phi) is 9.71. The van der Waals surface area contributed by atoms with Gasteiger partial charge >= 0.3 is 0 Å². The summed E-state index contributed by atoms with van der Waals surface area (Å²) in [5.74, 6) is 6.76. The Bertz CT molecular complexity index is 732. The Balaban J connectivity index is 0.00000392. The maximum atomic E-state index is 10.2. The molecular weight excluding hydrogens is 405 g/mol. The Labute approximate surface area is 176 Å². The van der Waals surface area contributed by atoms with Gasteiger partial charge in [-0.25, -0.2) is 5.84 Å². The van der Waals surface area contributed by atoms with E-state index < -0.39 is 6.10 Å². The van der Waals surface area contributed by atoms with E-state index in [1.807, 2.05) is 32.9 Å². The first kappa shape index (κ1) is 24.2. The molecule has 5 N–H and O–H groups in total. The van der Waals surface area contributed by atoms with E-state index in [4.69, 9.17) is 26.9 Å². The van der Waals surface area contributed by atoms with Crippen molar-refractivity contribution < 1.29 is 14.6 Å². The number of hydrogen-bond donors (Lipinski definition) is 4. The van der Waals surface area contributed by atoms with Gasteiger partial charge in [0.2, 0.25) is 5.88 Å². The molecule has 0 radical (unpaired) electrons. The van der Waals surface area contributed by atoms with Crippen LogP contribution in [0.15, 0.2) is 30.3 Å². The number of aromatic nitrogens is 2. The fraction of sp³-hybridized carbons (Fsp3) is 0.444. The van der Waals surface area contributed by atoms with Crippen LogP contribution in [-0.4, -0.2) is 46.7 Å². The highest BCUT2D eigenvalue weighted by Gasteiger charge is 2.20. The second kappa shape index (κ2) is 11.2. The number of nitrogen functional groups attached to an aromatic ring is 1. The summed E-state index contributed by atoms with van der Waals surface area (Å²) < 4.78 is 11.3. The third-order valence-electron chi connectivity index (χ3n) is 3.83. The Morgan fingerprint density at radius 3 is 2.61 bits per heavy atom. The zero-order chi connectivity index (χ0) is 19.9. The molecule has 2 aromatic rings. The number of benzene rings is 1. The molecule has 1 atom stereocenters. The van der Waals surface area contributed by atoms with Gasteiger partial charge in [0, 0.05) is 28.7 Å². The first-order valence-electron chi connectivity index (χ1n) is 8.55. The number of aliphatic hydroxyl groups is 1. The lowest BCUT2D eigenvalue weighted by atomic mass is 10.1. The van der Waals surface area contributed by atoms with Gasteiger partial charge in [-0.15, -0.1) is 22.6 Å². The fourth-order valence-electron chi connectivity index (χ4n) is 2.16. The zero-order valence-electron chi connectivity index (χ0n) is 16.1. The quantitative estimate of drug-likeness (QED) is 0.334. The van der Waals surface area contributed by atoms with E-state index in [1.165, 1.54) is 0 Å². The summed E-state index contributed by atoms with van der Waals surface area (Å²) in [7, 11) is 0. The molecule has 0 amide bonds. The molecule has 8 nitrogen and oxygen atoms in total. The summed E-state index contributed by atoms with van der Waals surface area (Å²) in [6.07, 6.45) is -0.683. The Morgan fingerprint density at radius 2 is 1.96 bits per heavy atom. The number of nitrogens with zero attached hydrogens (tertiary/aromatic N) is 2. The summed E-state index contributed by atoms with van der Waals surface area (Å²) in [5.41, 5.74) is 2.86. The molecule has 10 heteroatoms. The smallest absolute Gasteiger partial charge is 0.233 e. The van der Waals surface area contributed by atoms with Gasteiger partial charge in [0.15, 0.2) is 5.82 Å². The van der Waals surface area contributed by atoms with Crippen molar-refractivity contribution in [3.8, 4) is 11.6 Å². The van der Waals surface area contributed by atoms with Crippen LogP contribution >= 0.6 is 24.0 Å². The molecule has 1 heterocycles. The molecule has 1 aromatic heterocycles. The molecule has 0 aliphatic heterocycles. The minimum Gasteiger partial charge on any atom is -0.491 e. The lowest BCUT2D eigenvalue weighted by Gasteiger charge is -2.27. The van der Waals surface area contributed by atoms with Crippen molar-refractivity contribution in [1.82, 2.24) is 15.5 Å². The highest BCUT2D eigenvalue weighted by atomic mass is 35.5. The Morgan fingerprint density at radius 1 is 1.21 bits per heavy atom. The van der Waals surface area contributed by atoms with Gasteiger partial charge in [0.1, 0.15) is 25.1 Å². The summed E-state index contributed by atoms with van der Waals surface area (Å²) in [6, 6.07) is 8.78. The predicted molar refractivity (Wildman–Crippen MR) is 112 cm³/mol.